The van der Waals surface area contributed by atoms with Gasteiger partial charge in [-0.2, -0.15) is 0 Å². The number of nitrogens with one attached hydrogen (secondary N) is 1. The monoisotopic (exact) mass is 235 g/mol. The zero-order valence-electron chi connectivity index (χ0n) is 11.9. The van der Waals surface area contributed by atoms with Gasteiger partial charge in [-0.3, -0.25) is 4.79 Å². The molecule has 2 heteroatoms. The normalized spacial score (nSPS) is 10.9. The molecule has 1 aromatic rings. The molecule has 0 saturated carbocycles. The number of hydrogen-bond acceptors (Lipinski definition) is 1. The third kappa shape index (κ3) is 5.91. The van der Waals surface area contributed by atoms with Gasteiger partial charge in [-0.1, -0.05) is 46.4 Å². The molecule has 1 aromatic heterocycles. The van der Waals surface area contributed by atoms with E-state index in [1.54, 1.807) is 24.3 Å². The van der Waals surface area contributed by atoms with Crippen molar-refractivity contribution in [2.75, 3.05) is 0 Å². The molecule has 0 saturated heterocycles. The van der Waals surface area contributed by atoms with Gasteiger partial charge in [0.2, 0.25) is 0 Å². The minimum absolute atomic E-state index is 0.0480. The van der Waals surface area contributed by atoms with Crippen molar-refractivity contribution in [1.29, 1.82) is 0 Å². The lowest BCUT2D eigenvalue weighted by Crippen LogP contribution is -2.40. The first-order valence-electron chi connectivity index (χ1n) is 6.18. The third-order valence-corrected chi connectivity index (χ3v) is 1.81. The molecule has 0 radical (unpaired) electrons. The number of aryl methyl sites for hydroxylation is 1. The standard InChI is InChI=1S/C11H13NO.2C2H6/c1-4-6-10-9(5-2)11(13)7-8(3)12-10;2*1-2/h4-7,12H,1H2,2-3H3;2*1-2H3/b9-5+,10-6+;;. The summed E-state index contributed by atoms with van der Waals surface area (Å²) in [7, 11) is 0. The third-order valence-electron chi connectivity index (χ3n) is 1.81. The molecule has 0 atom stereocenters. The molecule has 2 nitrogen and oxygen atoms in total. The number of rotatable bonds is 1. The lowest BCUT2D eigenvalue weighted by atomic mass is 10.2. The molecule has 0 fully saturated rings. The smallest absolute Gasteiger partial charge is 0.189 e. The van der Waals surface area contributed by atoms with Crippen molar-refractivity contribution in [2.45, 2.75) is 41.5 Å². The van der Waals surface area contributed by atoms with E-state index in [0.717, 1.165) is 11.0 Å². The van der Waals surface area contributed by atoms with Crippen LogP contribution in [-0.2, 0) is 0 Å². The Kier molecular flexibility index (Phi) is 11.5. The molecule has 96 valence electrons. The Balaban J connectivity index is 0. The largest absolute Gasteiger partial charge is 0.358 e. The average molecular weight is 235 g/mol. The lowest BCUT2D eigenvalue weighted by Gasteiger charge is -1.93. The lowest BCUT2D eigenvalue weighted by molar-refractivity contribution is 1.11. The van der Waals surface area contributed by atoms with Gasteiger partial charge in [-0.15, -0.1) is 0 Å². The van der Waals surface area contributed by atoms with Crippen LogP contribution in [0.2, 0.25) is 0 Å². The molecule has 0 bridgehead atoms. The van der Waals surface area contributed by atoms with Crippen molar-refractivity contribution >= 4 is 12.2 Å². The van der Waals surface area contributed by atoms with E-state index in [2.05, 4.69) is 11.6 Å². The highest BCUT2D eigenvalue weighted by molar-refractivity contribution is 5.35. The van der Waals surface area contributed by atoms with E-state index in [-0.39, 0.29) is 5.43 Å². The second kappa shape index (κ2) is 10.9. The first kappa shape index (κ1) is 17.8. The van der Waals surface area contributed by atoms with Gasteiger partial charge < -0.3 is 4.98 Å². The van der Waals surface area contributed by atoms with Crippen LogP contribution in [0.3, 0.4) is 0 Å². The van der Waals surface area contributed by atoms with Crippen LogP contribution in [0.1, 0.15) is 40.3 Å². The van der Waals surface area contributed by atoms with Crippen molar-refractivity contribution in [1.82, 2.24) is 4.98 Å². The van der Waals surface area contributed by atoms with Gasteiger partial charge in [-0.25, -0.2) is 0 Å². The molecule has 1 N–H and O–H groups in total. The van der Waals surface area contributed by atoms with Crippen LogP contribution in [-0.4, -0.2) is 4.98 Å². The molecule has 0 aliphatic rings. The molecular formula is C15H25NO. The van der Waals surface area contributed by atoms with Crippen molar-refractivity contribution < 1.29 is 0 Å². The van der Waals surface area contributed by atoms with Crippen molar-refractivity contribution in [3.05, 3.63) is 45.2 Å². The molecular weight excluding hydrogens is 210 g/mol. The van der Waals surface area contributed by atoms with Crippen molar-refractivity contribution in [2.24, 2.45) is 0 Å². The van der Waals surface area contributed by atoms with Crippen LogP contribution in [0.25, 0.3) is 12.2 Å². The second-order valence-corrected chi connectivity index (χ2v) is 2.83. The summed E-state index contributed by atoms with van der Waals surface area (Å²) in [6.07, 6.45) is 5.26. The summed E-state index contributed by atoms with van der Waals surface area (Å²) in [4.78, 5) is 14.6. The van der Waals surface area contributed by atoms with Crippen LogP contribution < -0.4 is 16.0 Å². The maximum absolute atomic E-state index is 11.5. The maximum atomic E-state index is 11.5. The highest BCUT2D eigenvalue weighted by atomic mass is 16.1. The Morgan fingerprint density at radius 1 is 1.24 bits per heavy atom. The number of aromatic nitrogens is 1. The molecule has 0 spiro atoms. The number of H-pyrrole nitrogens is 1. The highest BCUT2D eigenvalue weighted by Crippen LogP contribution is 1.76. The Bertz CT molecular complexity index is 481. The van der Waals surface area contributed by atoms with Crippen LogP contribution >= 0.6 is 0 Å². The molecule has 0 unspecified atom stereocenters. The zero-order chi connectivity index (χ0) is 13.8. The summed E-state index contributed by atoms with van der Waals surface area (Å²) in [6, 6.07) is 1.59. The van der Waals surface area contributed by atoms with Gasteiger partial charge in [0.05, 0.1) is 0 Å². The van der Waals surface area contributed by atoms with Crippen molar-refractivity contribution in [3.8, 4) is 0 Å². The Morgan fingerprint density at radius 3 is 2.18 bits per heavy atom. The molecule has 0 aliphatic carbocycles. The fourth-order valence-electron chi connectivity index (χ4n) is 1.27. The van der Waals surface area contributed by atoms with Crippen LogP contribution in [0.5, 0.6) is 0 Å². The number of allylic oxidation sites excluding steroid dienone is 1. The SMILES string of the molecule is C=C/C=c1/[nH]c(C)cc(=O)/c1=C/C.CC.CC. The van der Waals surface area contributed by atoms with E-state index >= 15 is 0 Å². The first-order chi connectivity index (χ1) is 8.19. The minimum atomic E-state index is 0.0480. The summed E-state index contributed by atoms with van der Waals surface area (Å²) in [5, 5.41) is 1.52. The van der Waals surface area contributed by atoms with Gasteiger partial charge in [0.25, 0.3) is 0 Å². The second-order valence-electron chi connectivity index (χ2n) is 2.83. The fraction of sp³-hybridized carbons (Fsp3) is 0.400. The predicted octanol–water partition coefficient (Wildman–Crippen LogP) is 2.50. The molecule has 0 aliphatic heterocycles. The van der Waals surface area contributed by atoms with E-state index in [1.165, 1.54) is 0 Å². The number of hydrogen-bond donors (Lipinski definition) is 1. The topological polar surface area (TPSA) is 32.9 Å². The molecule has 1 rings (SSSR count). The van der Waals surface area contributed by atoms with Crippen LogP contribution in [0, 0.1) is 6.92 Å². The van der Waals surface area contributed by atoms with Gasteiger partial charge in [0.15, 0.2) is 5.43 Å². The first-order valence-corrected chi connectivity index (χ1v) is 6.18. The zero-order valence-corrected chi connectivity index (χ0v) is 11.9. The molecule has 0 amide bonds. The van der Waals surface area contributed by atoms with Gasteiger partial charge >= 0.3 is 0 Å². The minimum Gasteiger partial charge on any atom is -0.358 e. The van der Waals surface area contributed by atoms with E-state index in [0.29, 0.717) is 5.22 Å². The fourth-order valence-corrected chi connectivity index (χ4v) is 1.27. The van der Waals surface area contributed by atoms with E-state index in [1.807, 2.05) is 41.5 Å². The highest BCUT2D eigenvalue weighted by Gasteiger charge is 1.91. The summed E-state index contributed by atoms with van der Waals surface area (Å²) in [5.74, 6) is 0. The summed E-state index contributed by atoms with van der Waals surface area (Å²) >= 11 is 0. The van der Waals surface area contributed by atoms with E-state index in [9.17, 15) is 4.79 Å². The maximum Gasteiger partial charge on any atom is 0.189 e. The van der Waals surface area contributed by atoms with E-state index < -0.39 is 0 Å². The van der Waals surface area contributed by atoms with E-state index in [4.69, 9.17) is 0 Å². The van der Waals surface area contributed by atoms with Crippen molar-refractivity contribution in [3.63, 3.8) is 0 Å². The van der Waals surface area contributed by atoms with Crippen LogP contribution in [0.4, 0.5) is 0 Å². The van der Waals surface area contributed by atoms with Gasteiger partial charge in [0.1, 0.15) is 0 Å². The summed E-state index contributed by atoms with van der Waals surface area (Å²) < 4.78 is 0. The molecule has 1 heterocycles. The number of aromatic amines is 1. The van der Waals surface area contributed by atoms with Gasteiger partial charge in [-0.05, 0) is 19.9 Å². The Labute approximate surface area is 104 Å². The molecule has 17 heavy (non-hydrogen) atoms. The predicted molar refractivity (Wildman–Crippen MR) is 78.5 cm³/mol. The Hall–Kier alpha value is -1.57. The molecule has 0 aromatic carbocycles. The quantitative estimate of drug-likeness (QED) is 0.797. The average Bonchev–Trinajstić information content (AvgIpc) is 2.34. The Morgan fingerprint density at radius 2 is 1.76 bits per heavy atom. The van der Waals surface area contributed by atoms with Gasteiger partial charge in [0, 0.05) is 22.3 Å². The number of pyridine rings is 1. The van der Waals surface area contributed by atoms with Crippen LogP contribution in [0.15, 0.2) is 23.5 Å². The summed E-state index contributed by atoms with van der Waals surface area (Å²) in [5.41, 5.74) is 0.913. The summed E-state index contributed by atoms with van der Waals surface area (Å²) in [6.45, 7) is 15.3.